The van der Waals surface area contributed by atoms with Gasteiger partial charge in [0.15, 0.2) is 0 Å². The van der Waals surface area contributed by atoms with E-state index < -0.39 is 10.0 Å². The summed E-state index contributed by atoms with van der Waals surface area (Å²) in [6, 6.07) is 4.07. The average Bonchev–Trinajstić information content (AvgIpc) is 2.47. The number of rotatable bonds is 5. The van der Waals surface area contributed by atoms with Crippen molar-refractivity contribution in [2.75, 3.05) is 25.9 Å². The number of likely N-dealkylation sites (tertiary alicyclic amines) is 1. The van der Waals surface area contributed by atoms with Crippen LogP contribution in [0.15, 0.2) is 18.3 Å². The highest BCUT2D eigenvalue weighted by Crippen LogP contribution is 2.20. The maximum Gasteiger partial charge on any atom is 0.237 e. The molecule has 0 aliphatic carbocycles. The first-order chi connectivity index (χ1) is 10.3. The smallest absolute Gasteiger partial charge is 0.237 e. The van der Waals surface area contributed by atoms with Crippen LogP contribution in [0.25, 0.3) is 0 Å². The summed E-state index contributed by atoms with van der Waals surface area (Å²) in [5, 5.41) is 0. The third-order valence-electron chi connectivity index (χ3n) is 3.85. The molecule has 2 heterocycles. The molecule has 1 aromatic rings. The van der Waals surface area contributed by atoms with Crippen molar-refractivity contribution in [2.24, 2.45) is 5.92 Å². The van der Waals surface area contributed by atoms with Crippen LogP contribution in [0.5, 0.6) is 0 Å². The van der Waals surface area contributed by atoms with Gasteiger partial charge in [0.2, 0.25) is 15.9 Å². The highest BCUT2D eigenvalue weighted by molar-refractivity contribution is 7.88. The van der Waals surface area contributed by atoms with Crippen molar-refractivity contribution < 1.29 is 13.2 Å². The van der Waals surface area contributed by atoms with Crippen molar-refractivity contribution in [1.82, 2.24) is 14.6 Å². The van der Waals surface area contributed by atoms with E-state index in [0.29, 0.717) is 19.0 Å². The molecule has 22 heavy (non-hydrogen) atoms. The first kappa shape index (κ1) is 16.9. The van der Waals surface area contributed by atoms with E-state index in [1.807, 2.05) is 19.2 Å². The second kappa shape index (κ2) is 7.19. The van der Waals surface area contributed by atoms with Gasteiger partial charge in [-0.25, -0.2) is 13.1 Å². The summed E-state index contributed by atoms with van der Waals surface area (Å²) in [5.74, 6) is 0.248. The number of amides is 1. The quantitative estimate of drug-likeness (QED) is 0.865. The van der Waals surface area contributed by atoms with E-state index in [4.69, 9.17) is 0 Å². The topological polar surface area (TPSA) is 79.4 Å². The SMILES string of the molecule is Cc1ccc(C[C@H]2CCCN(C(=O)CNS(C)(=O)=O)C2)cn1. The van der Waals surface area contributed by atoms with Crippen LogP contribution in [-0.2, 0) is 21.2 Å². The molecule has 7 heteroatoms. The zero-order chi connectivity index (χ0) is 16.2. The van der Waals surface area contributed by atoms with Crippen molar-refractivity contribution >= 4 is 15.9 Å². The maximum atomic E-state index is 12.1. The number of hydrogen-bond acceptors (Lipinski definition) is 4. The van der Waals surface area contributed by atoms with Gasteiger partial charge in [-0.3, -0.25) is 9.78 Å². The fraction of sp³-hybridized carbons (Fsp3) is 0.600. The number of carbonyl (C=O) groups excluding carboxylic acids is 1. The Labute approximate surface area is 132 Å². The molecule has 1 atom stereocenters. The molecule has 0 unspecified atom stereocenters. The van der Waals surface area contributed by atoms with Gasteiger partial charge in [0.1, 0.15) is 0 Å². The predicted molar refractivity (Wildman–Crippen MR) is 84.8 cm³/mol. The molecule has 0 saturated carbocycles. The molecule has 1 fully saturated rings. The zero-order valence-electron chi connectivity index (χ0n) is 13.1. The second-order valence-corrected chi connectivity index (χ2v) is 7.79. The van der Waals surface area contributed by atoms with E-state index in [2.05, 4.69) is 15.8 Å². The number of sulfonamides is 1. The van der Waals surface area contributed by atoms with Gasteiger partial charge in [0.05, 0.1) is 12.8 Å². The Kier molecular flexibility index (Phi) is 5.52. The van der Waals surface area contributed by atoms with Crippen LogP contribution >= 0.6 is 0 Å². The summed E-state index contributed by atoms with van der Waals surface area (Å²) < 4.78 is 24.4. The average molecular weight is 325 g/mol. The minimum Gasteiger partial charge on any atom is -0.341 e. The van der Waals surface area contributed by atoms with Gasteiger partial charge >= 0.3 is 0 Å². The van der Waals surface area contributed by atoms with E-state index in [9.17, 15) is 13.2 Å². The minimum atomic E-state index is -3.33. The Balaban J connectivity index is 1.88. The largest absolute Gasteiger partial charge is 0.341 e. The summed E-state index contributed by atoms with van der Waals surface area (Å²) in [6.07, 6.45) is 5.88. The number of aryl methyl sites for hydroxylation is 1. The third-order valence-corrected chi connectivity index (χ3v) is 4.52. The summed E-state index contributed by atoms with van der Waals surface area (Å²) in [6.45, 7) is 3.18. The molecular formula is C15H23N3O3S. The number of carbonyl (C=O) groups is 1. The monoisotopic (exact) mass is 325 g/mol. The van der Waals surface area contributed by atoms with E-state index in [1.165, 1.54) is 5.56 Å². The minimum absolute atomic E-state index is 0.155. The number of nitrogens with zero attached hydrogens (tertiary/aromatic N) is 2. The van der Waals surface area contributed by atoms with Gasteiger partial charge in [-0.15, -0.1) is 0 Å². The van der Waals surface area contributed by atoms with Crippen molar-refractivity contribution in [2.45, 2.75) is 26.2 Å². The normalized spacial score (nSPS) is 19.2. The molecular weight excluding hydrogens is 302 g/mol. The van der Waals surface area contributed by atoms with Gasteiger partial charge in [-0.05, 0) is 43.7 Å². The van der Waals surface area contributed by atoms with Gasteiger partial charge in [0, 0.05) is 25.0 Å². The molecule has 0 spiro atoms. The Hall–Kier alpha value is -1.47. The van der Waals surface area contributed by atoms with Crippen molar-refractivity contribution in [1.29, 1.82) is 0 Å². The molecule has 1 aliphatic rings. The molecule has 1 saturated heterocycles. The summed E-state index contributed by atoms with van der Waals surface area (Å²) in [4.78, 5) is 18.1. The van der Waals surface area contributed by atoms with Crippen LogP contribution in [0.3, 0.4) is 0 Å². The second-order valence-electron chi connectivity index (χ2n) is 5.95. The molecule has 1 N–H and O–H groups in total. The Bertz CT molecular complexity index is 613. The van der Waals surface area contributed by atoms with Crippen LogP contribution in [0, 0.1) is 12.8 Å². The van der Waals surface area contributed by atoms with Gasteiger partial charge in [0.25, 0.3) is 0 Å². The Morgan fingerprint density at radius 1 is 1.45 bits per heavy atom. The lowest BCUT2D eigenvalue weighted by Crippen LogP contribution is -2.45. The van der Waals surface area contributed by atoms with Gasteiger partial charge < -0.3 is 4.90 Å². The van der Waals surface area contributed by atoms with Crippen molar-refractivity contribution in [3.8, 4) is 0 Å². The number of piperidine rings is 1. The van der Waals surface area contributed by atoms with E-state index in [1.54, 1.807) is 4.90 Å². The Morgan fingerprint density at radius 3 is 2.86 bits per heavy atom. The number of hydrogen-bond donors (Lipinski definition) is 1. The molecule has 6 nitrogen and oxygen atoms in total. The first-order valence-electron chi connectivity index (χ1n) is 7.47. The molecule has 0 radical (unpaired) electrons. The van der Waals surface area contributed by atoms with Crippen LogP contribution in [0.2, 0.25) is 0 Å². The predicted octanol–water partition coefficient (Wildman–Crippen LogP) is 0.720. The first-order valence-corrected chi connectivity index (χ1v) is 9.36. The van der Waals surface area contributed by atoms with Crippen molar-refractivity contribution in [3.63, 3.8) is 0 Å². The number of pyridine rings is 1. The molecule has 0 aromatic carbocycles. The van der Waals surface area contributed by atoms with Crippen LogP contribution < -0.4 is 4.72 Å². The molecule has 1 aromatic heterocycles. The van der Waals surface area contributed by atoms with E-state index in [-0.39, 0.29) is 12.5 Å². The lowest BCUT2D eigenvalue weighted by Gasteiger charge is -2.33. The summed E-state index contributed by atoms with van der Waals surface area (Å²) in [5.41, 5.74) is 2.18. The van der Waals surface area contributed by atoms with Gasteiger partial charge in [-0.2, -0.15) is 0 Å². The van der Waals surface area contributed by atoms with Gasteiger partial charge in [-0.1, -0.05) is 6.07 Å². The fourth-order valence-electron chi connectivity index (χ4n) is 2.72. The van der Waals surface area contributed by atoms with Crippen LogP contribution in [-0.4, -0.2) is 50.1 Å². The third kappa shape index (κ3) is 5.38. The number of aromatic nitrogens is 1. The molecule has 0 bridgehead atoms. The van der Waals surface area contributed by atoms with Crippen LogP contribution in [0.1, 0.15) is 24.1 Å². The highest BCUT2D eigenvalue weighted by atomic mass is 32.2. The zero-order valence-corrected chi connectivity index (χ0v) is 13.9. The van der Waals surface area contributed by atoms with Crippen LogP contribution in [0.4, 0.5) is 0 Å². The van der Waals surface area contributed by atoms with Crippen molar-refractivity contribution in [3.05, 3.63) is 29.6 Å². The summed E-state index contributed by atoms with van der Waals surface area (Å²) in [7, 11) is -3.33. The number of nitrogens with one attached hydrogen (secondary N) is 1. The standard InChI is InChI=1S/C15H23N3O3S/c1-12-5-6-13(9-16-12)8-14-4-3-7-18(11-14)15(19)10-17-22(2,20)21/h5-6,9,14,17H,3-4,7-8,10-11H2,1-2H3/t14-/m1/s1. The molecule has 2 rings (SSSR count). The Morgan fingerprint density at radius 2 is 2.23 bits per heavy atom. The molecule has 1 aliphatic heterocycles. The molecule has 122 valence electrons. The summed E-state index contributed by atoms with van der Waals surface area (Å²) >= 11 is 0. The lowest BCUT2D eigenvalue weighted by molar-refractivity contribution is -0.131. The fourth-order valence-corrected chi connectivity index (χ4v) is 3.10. The van der Waals surface area contributed by atoms with E-state index >= 15 is 0 Å². The molecule has 1 amide bonds. The van der Waals surface area contributed by atoms with E-state index in [0.717, 1.165) is 31.2 Å². The highest BCUT2D eigenvalue weighted by Gasteiger charge is 2.24. The lowest BCUT2D eigenvalue weighted by atomic mass is 9.92. The maximum absolute atomic E-state index is 12.1.